The van der Waals surface area contributed by atoms with E-state index in [0.29, 0.717) is 43.4 Å². The maximum atomic E-state index is 13.2. The standard InChI is InChI=1S/C27H33F3N6O4/c1-40-24-5-3-18(13-31-24)26(39)8-6-20(7-9-26)35-15-19(16-35)33-23(38)14-32-25-21-12-17(27(28,29)30)2-4-22(21)36(34-25)10-11-37/h2-5,12-13,19-20,37,39H,6-11,14-16H2,1H3,(H,32,34)(H,33,38). The van der Waals surface area contributed by atoms with Gasteiger partial charge in [-0.2, -0.15) is 18.3 Å². The highest BCUT2D eigenvalue weighted by molar-refractivity contribution is 5.92. The molecule has 4 N–H and O–H groups in total. The average molecular weight is 563 g/mol. The van der Waals surface area contributed by atoms with E-state index in [1.165, 1.54) is 10.7 Å². The number of hydrogen-bond donors (Lipinski definition) is 4. The molecule has 2 fully saturated rings. The van der Waals surface area contributed by atoms with Crippen LogP contribution in [0.4, 0.5) is 19.0 Å². The third-order valence-corrected chi connectivity index (χ3v) is 7.86. The number of rotatable bonds is 9. The highest BCUT2D eigenvalue weighted by Gasteiger charge is 2.40. The molecule has 2 aromatic heterocycles. The lowest BCUT2D eigenvalue weighted by Gasteiger charge is -2.48. The molecular weight excluding hydrogens is 529 g/mol. The van der Waals surface area contributed by atoms with Crippen LogP contribution in [-0.4, -0.2) is 81.2 Å². The molecule has 40 heavy (non-hydrogen) atoms. The smallest absolute Gasteiger partial charge is 0.416 e. The van der Waals surface area contributed by atoms with Crippen molar-refractivity contribution in [3.05, 3.63) is 47.7 Å². The summed E-state index contributed by atoms with van der Waals surface area (Å²) in [5.41, 5.74) is -0.499. The molecule has 1 saturated carbocycles. The summed E-state index contributed by atoms with van der Waals surface area (Å²) < 4.78 is 46.2. The van der Waals surface area contributed by atoms with Crippen LogP contribution in [0, 0.1) is 0 Å². The van der Waals surface area contributed by atoms with E-state index in [4.69, 9.17) is 4.74 Å². The molecule has 13 heteroatoms. The Morgan fingerprint density at radius 1 is 1.20 bits per heavy atom. The lowest BCUT2D eigenvalue weighted by Crippen LogP contribution is -2.63. The first-order valence-corrected chi connectivity index (χ1v) is 13.3. The van der Waals surface area contributed by atoms with Gasteiger partial charge < -0.3 is 25.6 Å². The number of ether oxygens (including phenoxy) is 1. The number of hydrogen-bond acceptors (Lipinski definition) is 8. The minimum atomic E-state index is -4.51. The van der Waals surface area contributed by atoms with E-state index < -0.39 is 17.3 Å². The lowest BCUT2D eigenvalue weighted by molar-refractivity contribution is -0.137. The summed E-state index contributed by atoms with van der Waals surface area (Å²) in [4.78, 5) is 19.1. The number of aliphatic hydroxyl groups excluding tert-OH is 1. The summed E-state index contributed by atoms with van der Waals surface area (Å²) in [5.74, 6) is 0.374. The van der Waals surface area contributed by atoms with Crippen LogP contribution in [0.3, 0.4) is 0 Å². The number of amides is 1. The summed E-state index contributed by atoms with van der Waals surface area (Å²) in [6.07, 6.45) is 0.0496. The Labute approximate surface area is 229 Å². The molecule has 1 aliphatic heterocycles. The minimum absolute atomic E-state index is 0.0265. The monoisotopic (exact) mass is 562 g/mol. The van der Waals surface area contributed by atoms with Gasteiger partial charge in [-0.3, -0.25) is 14.4 Å². The number of pyridine rings is 1. The number of halogens is 3. The number of benzene rings is 1. The Hall–Kier alpha value is -3.42. The van der Waals surface area contributed by atoms with Crippen molar-refractivity contribution in [3.63, 3.8) is 0 Å². The molecule has 0 spiro atoms. The Morgan fingerprint density at radius 3 is 2.58 bits per heavy atom. The zero-order chi connectivity index (χ0) is 28.5. The molecule has 0 unspecified atom stereocenters. The molecule has 216 valence electrons. The zero-order valence-electron chi connectivity index (χ0n) is 22.1. The first kappa shape index (κ1) is 28.1. The molecule has 10 nitrogen and oxygen atoms in total. The van der Waals surface area contributed by atoms with Crippen LogP contribution in [0.25, 0.3) is 10.9 Å². The first-order valence-electron chi connectivity index (χ1n) is 13.3. The highest BCUT2D eigenvalue weighted by Crippen LogP contribution is 2.39. The molecule has 1 saturated heterocycles. The third kappa shape index (κ3) is 5.86. The van der Waals surface area contributed by atoms with Gasteiger partial charge >= 0.3 is 6.18 Å². The SMILES string of the molecule is COc1ccc(C2(O)CCC(N3CC(NC(=O)CNc4nn(CCO)c5ccc(C(F)(F)F)cc45)C3)CC2)cn1. The van der Waals surface area contributed by atoms with Crippen molar-refractivity contribution in [2.45, 2.75) is 56.1 Å². The molecule has 0 atom stereocenters. The van der Waals surface area contributed by atoms with E-state index in [9.17, 15) is 28.2 Å². The van der Waals surface area contributed by atoms with Crippen LogP contribution in [-0.2, 0) is 23.1 Å². The number of fused-ring (bicyclic) bond motifs is 1. The molecule has 1 amide bonds. The first-order chi connectivity index (χ1) is 19.1. The van der Waals surface area contributed by atoms with Crippen molar-refractivity contribution in [2.75, 3.05) is 38.7 Å². The maximum absolute atomic E-state index is 13.2. The summed E-state index contributed by atoms with van der Waals surface area (Å²) >= 11 is 0. The van der Waals surface area contributed by atoms with Crippen LogP contribution in [0.15, 0.2) is 36.5 Å². The van der Waals surface area contributed by atoms with Gasteiger partial charge in [-0.1, -0.05) is 0 Å². The average Bonchev–Trinajstić information content (AvgIpc) is 3.26. The van der Waals surface area contributed by atoms with Crippen molar-refractivity contribution in [2.24, 2.45) is 0 Å². The van der Waals surface area contributed by atoms with Gasteiger partial charge in [0.15, 0.2) is 5.82 Å². The summed E-state index contributed by atoms with van der Waals surface area (Å²) in [6, 6.07) is 7.18. The molecular formula is C27H33F3N6O4. The van der Waals surface area contributed by atoms with Gasteiger partial charge in [0.25, 0.3) is 0 Å². The molecule has 1 aromatic carbocycles. The number of alkyl halides is 3. The number of carbonyl (C=O) groups is 1. The number of carbonyl (C=O) groups excluding carboxylic acids is 1. The largest absolute Gasteiger partial charge is 0.481 e. The lowest BCUT2D eigenvalue weighted by atomic mass is 9.77. The van der Waals surface area contributed by atoms with Crippen LogP contribution >= 0.6 is 0 Å². The van der Waals surface area contributed by atoms with E-state index in [1.54, 1.807) is 19.4 Å². The van der Waals surface area contributed by atoms with Gasteiger partial charge in [-0.25, -0.2) is 4.98 Å². The Bertz CT molecular complexity index is 1330. The number of aliphatic hydroxyl groups is 2. The zero-order valence-corrected chi connectivity index (χ0v) is 22.1. The number of aromatic nitrogens is 3. The van der Waals surface area contributed by atoms with Gasteiger partial charge in [-0.05, 0) is 49.9 Å². The van der Waals surface area contributed by atoms with Crippen LogP contribution in [0.5, 0.6) is 5.88 Å². The van der Waals surface area contributed by atoms with Crippen LogP contribution < -0.4 is 15.4 Å². The predicted molar refractivity (Wildman–Crippen MR) is 141 cm³/mol. The second-order valence-corrected chi connectivity index (χ2v) is 10.4. The number of likely N-dealkylation sites (tertiary alicyclic amines) is 1. The molecule has 3 aromatic rings. The molecule has 0 bridgehead atoms. The summed E-state index contributed by atoms with van der Waals surface area (Å²) in [5, 5.41) is 30.7. The Morgan fingerprint density at radius 2 is 1.95 bits per heavy atom. The fourth-order valence-corrected chi connectivity index (χ4v) is 5.61. The molecule has 5 rings (SSSR count). The third-order valence-electron chi connectivity index (χ3n) is 7.86. The summed E-state index contributed by atoms with van der Waals surface area (Å²) in [7, 11) is 1.55. The van der Waals surface area contributed by atoms with Crippen molar-refractivity contribution < 1.29 is 32.9 Å². The van der Waals surface area contributed by atoms with Crippen molar-refractivity contribution >= 4 is 22.6 Å². The number of anilines is 1. The fourth-order valence-electron chi connectivity index (χ4n) is 5.61. The Balaban J connectivity index is 1.11. The predicted octanol–water partition coefficient (Wildman–Crippen LogP) is 2.49. The van der Waals surface area contributed by atoms with Gasteiger partial charge in [0.05, 0.1) is 49.5 Å². The topological polar surface area (TPSA) is 125 Å². The highest BCUT2D eigenvalue weighted by atomic mass is 19.4. The van der Waals surface area contributed by atoms with E-state index in [2.05, 4.69) is 25.6 Å². The number of nitrogens with zero attached hydrogens (tertiary/aromatic N) is 4. The molecule has 2 aliphatic rings. The molecule has 3 heterocycles. The summed E-state index contributed by atoms with van der Waals surface area (Å²) in [6.45, 7) is 1.13. The van der Waals surface area contributed by atoms with Crippen molar-refractivity contribution in [1.82, 2.24) is 25.0 Å². The minimum Gasteiger partial charge on any atom is -0.481 e. The second-order valence-electron chi connectivity index (χ2n) is 10.4. The van der Waals surface area contributed by atoms with Crippen LogP contribution in [0.1, 0.15) is 36.8 Å². The molecule has 0 radical (unpaired) electrons. The van der Waals surface area contributed by atoms with E-state index in [0.717, 1.165) is 30.5 Å². The number of methoxy groups -OCH3 is 1. The van der Waals surface area contributed by atoms with E-state index in [1.807, 2.05) is 6.07 Å². The fraction of sp³-hybridized carbons (Fsp3) is 0.519. The number of nitrogens with one attached hydrogen (secondary N) is 2. The second kappa shape index (κ2) is 11.2. The van der Waals surface area contributed by atoms with Crippen LogP contribution in [0.2, 0.25) is 0 Å². The van der Waals surface area contributed by atoms with Crippen molar-refractivity contribution in [3.8, 4) is 5.88 Å². The van der Waals surface area contributed by atoms with E-state index >= 15 is 0 Å². The normalized spacial score (nSPS) is 22.2. The van der Waals surface area contributed by atoms with Gasteiger partial charge in [0.2, 0.25) is 11.8 Å². The van der Waals surface area contributed by atoms with E-state index in [-0.39, 0.29) is 42.8 Å². The van der Waals surface area contributed by atoms with Gasteiger partial charge in [-0.15, -0.1) is 0 Å². The maximum Gasteiger partial charge on any atom is 0.416 e. The molecule has 1 aliphatic carbocycles. The van der Waals surface area contributed by atoms with Gasteiger partial charge in [0.1, 0.15) is 0 Å². The Kier molecular flexibility index (Phi) is 7.89. The quantitative estimate of drug-likeness (QED) is 0.314. The van der Waals surface area contributed by atoms with Crippen molar-refractivity contribution in [1.29, 1.82) is 0 Å². The van der Waals surface area contributed by atoms with Gasteiger partial charge in [0, 0.05) is 42.3 Å².